The predicted octanol–water partition coefficient (Wildman–Crippen LogP) is 3.59. The molecule has 7 heteroatoms. The van der Waals surface area contributed by atoms with Gasteiger partial charge in [-0.3, -0.25) is 9.36 Å². The third-order valence-corrected chi connectivity index (χ3v) is 4.78. The van der Waals surface area contributed by atoms with Crippen LogP contribution in [0.3, 0.4) is 0 Å². The van der Waals surface area contributed by atoms with Crippen molar-refractivity contribution in [2.75, 3.05) is 24.3 Å². The van der Waals surface area contributed by atoms with Gasteiger partial charge in [-0.25, -0.2) is 0 Å². The van der Waals surface area contributed by atoms with Crippen LogP contribution in [0.15, 0.2) is 78.7 Å². The first-order valence-corrected chi connectivity index (χ1v) is 9.35. The van der Waals surface area contributed by atoms with E-state index in [1.807, 2.05) is 59.2 Å². The highest BCUT2D eigenvalue weighted by molar-refractivity contribution is 7.99. The minimum absolute atomic E-state index is 0.0220. The number of para-hydroxylation sites is 1. The third kappa shape index (κ3) is 4.57. The van der Waals surface area contributed by atoms with E-state index in [2.05, 4.69) is 16.8 Å². The molecule has 0 saturated heterocycles. The molecular weight excluding hydrogens is 360 g/mol. The minimum atomic E-state index is -0.0220. The normalized spacial score (nSPS) is 10.4. The highest BCUT2D eigenvalue weighted by atomic mass is 32.2. The van der Waals surface area contributed by atoms with Gasteiger partial charge in [-0.05, 0) is 24.3 Å². The Morgan fingerprint density at radius 3 is 2.81 bits per heavy atom. The van der Waals surface area contributed by atoms with Gasteiger partial charge >= 0.3 is 0 Å². The van der Waals surface area contributed by atoms with Gasteiger partial charge in [-0.15, -0.1) is 16.8 Å². The number of benzene rings is 2. The Morgan fingerprint density at radius 2 is 2.07 bits per heavy atom. The Hall–Kier alpha value is -3.06. The molecule has 0 fully saturated rings. The van der Waals surface area contributed by atoms with Crippen LogP contribution in [0, 0.1) is 0 Å². The Bertz CT molecular complexity index is 911. The zero-order valence-corrected chi connectivity index (χ0v) is 15.8. The van der Waals surface area contributed by atoms with Crippen LogP contribution in [0.25, 0.3) is 5.69 Å². The Morgan fingerprint density at radius 1 is 1.26 bits per heavy atom. The van der Waals surface area contributed by atoms with Crippen molar-refractivity contribution in [3.63, 3.8) is 0 Å². The molecule has 0 radical (unpaired) electrons. The van der Waals surface area contributed by atoms with Crippen LogP contribution < -0.4 is 9.64 Å². The van der Waals surface area contributed by atoms with Gasteiger partial charge < -0.3 is 9.64 Å². The first kappa shape index (κ1) is 18.7. The monoisotopic (exact) mass is 380 g/mol. The van der Waals surface area contributed by atoms with Crippen molar-refractivity contribution in [3.05, 3.63) is 73.6 Å². The molecule has 0 aliphatic rings. The van der Waals surface area contributed by atoms with Gasteiger partial charge in [0.2, 0.25) is 5.91 Å². The number of nitrogens with zero attached hydrogens (tertiary/aromatic N) is 4. The molecule has 0 bridgehead atoms. The summed E-state index contributed by atoms with van der Waals surface area (Å²) < 4.78 is 7.10. The topological polar surface area (TPSA) is 60.2 Å². The van der Waals surface area contributed by atoms with Crippen LogP contribution in [-0.2, 0) is 4.79 Å². The fraction of sp³-hybridized carbons (Fsp3) is 0.150. The lowest BCUT2D eigenvalue weighted by atomic mass is 10.3. The number of rotatable bonds is 8. The fourth-order valence-corrected chi connectivity index (χ4v) is 3.36. The first-order chi connectivity index (χ1) is 13.2. The number of thioether (sulfide) groups is 1. The van der Waals surface area contributed by atoms with E-state index in [1.54, 1.807) is 24.4 Å². The molecule has 3 rings (SSSR count). The van der Waals surface area contributed by atoms with E-state index in [0.29, 0.717) is 11.7 Å². The number of carbonyl (C=O) groups excluding carboxylic acids is 1. The van der Waals surface area contributed by atoms with E-state index in [1.165, 1.54) is 11.8 Å². The predicted molar refractivity (Wildman–Crippen MR) is 108 cm³/mol. The molecule has 0 unspecified atom stereocenters. The zero-order valence-electron chi connectivity index (χ0n) is 15.0. The van der Waals surface area contributed by atoms with Crippen molar-refractivity contribution in [1.82, 2.24) is 14.8 Å². The molecule has 1 amide bonds. The summed E-state index contributed by atoms with van der Waals surface area (Å²) in [6.07, 6.45) is 3.34. The lowest BCUT2D eigenvalue weighted by Crippen LogP contribution is -2.32. The molecule has 27 heavy (non-hydrogen) atoms. The SMILES string of the molecule is C=CCN(C(=O)CSc1nncn1-c1cccc(OC)c1)c1ccccc1. The van der Waals surface area contributed by atoms with Gasteiger partial charge in [-0.1, -0.05) is 42.1 Å². The quantitative estimate of drug-likeness (QED) is 0.441. The maximum atomic E-state index is 12.8. The molecule has 0 N–H and O–H groups in total. The molecule has 1 heterocycles. The van der Waals surface area contributed by atoms with E-state index in [-0.39, 0.29) is 11.7 Å². The maximum absolute atomic E-state index is 12.8. The molecule has 0 saturated carbocycles. The van der Waals surface area contributed by atoms with Crippen molar-refractivity contribution in [2.24, 2.45) is 0 Å². The number of ether oxygens (including phenoxy) is 1. The van der Waals surface area contributed by atoms with Crippen molar-refractivity contribution in [3.8, 4) is 11.4 Å². The van der Waals surface area contributed by atoms with Gasteiger partial charge in [0.25, 0.3) is 0 Å². The van der Waals surface area contributed by atoms with Crippen LogP contribution in [0.2, 0.25) is 0 Å². The van der Waals surface area contributed by atoms with Gasteiger partial charge in [0.05, 0.1) is 18.6 Å². The highest BCUT2D eigenvalue weighted by Crippen LogP contribution is 2.23. The highest BCUT2D eigenvalue weighted by Gasteiger charge is 2.17. The number of aromatic nitrogens is 3. The summed E-state index contributed by atoms with van der Waals surface area (Å²) in [6, 6.07) is 17.2. The fourth-order valence-electron chi connectivity index (χ4n) is 2.55. The summed E-state index contributed by atoms with van der Waals surface area (Å²) in [7, 11) is 1.62. The second kappa shape index (κ2) is 9.05. The average Bonchev–Trinajstić information content (AvgIpc) is 3.19. The van der Waals surface area contributed by atoms with E-state index < -0.39 is 0 Å². The van der Waals surface area contributed by atoms with Crippen molar-refractivity contribution >= 4 is 23.4 Å². The number of amides is 1. The first-order valence-electron chi connectivity index (χ1n) is 8.36. The van der Waals surface area contributed by atoms with Crippen molar-refractivity contribution in [2.45, 2.75) is 5.16 Å². The minimum Gasteiger partial charge on any atom is -0.497 e. The maximum Gasteiger partial charge on any atom is 0.237 e. The standard InChI is InChI=1S/C20H20N4O2S/c1-3-12-23(16-8-5-4-6-9-16)19(25)14-27-20-22-21-15-24(20)17-10-7-11-18(13-17)26-2/h3-11,13,15H,1,12,14H2,2H3. The molecule has 0 spiro atoms. The Balaban J connectivity index is 1.74. The van der Waals surface area contributed by atoms with Crippen LogP contribution in [-0.4, -0.2) is 40.1 Å². The van der Waals surface area contributed by atoms with Crippen molar-refractivity contribution in [1.29, 1.82) is 0 Å². The summed E-state index contributed by atoms with van der Waals surface area (Å²) in [5.74, 6) is 0.964. The van der Waals surface area contributed by atoms with Gasteiger partial charge in [0.1, 0.15) is 12.1 Å². The van der Waals surface area contributed by atoms with Crippen LogP contribution in [0.5, 0.6) is 5.75 Å². The lowest BCUT2D eigenvalue weighted by molar-refractivity contribution is -0.116. The molecular formula is C20H20N4O2S. The zero-order chi connectivity index (χ0) is 19.1. The van der Waals surface area contributed by atoms with E-state index in [9.17, 15) is 4.79 Å². The van der Waals surface area contributed by atoms with Gasteiger partial charge in [-0.2, -0.15) is 0 Å². The van der Waals surface area contributed by atoms with E-state index >= 15 is 0 Å². The summed E-state index contributed by atoms with van der Waals surface area (Å²) in [4.78, 5) is 14.5. The number of hydrogen-bond acceptors (Lipinski definition) is 5. The second-order valence-electron chi connectivity index (χ2n) is 5.60. The molecule has 0 aliphatic heterocycles. The molecule has 0 aliphatic carbocycles. The lowest BCUT2D eigenvalue weighted by Gasteiger charge is -2.21. The molecule has 0 atom stereocenters. The number of carbonyl (C=O) groups is 1. The number of anilines is 1. The Labute approximate surface area is 162 Å². The van der Waals surface area contributed by atoms with Crippen LogP contribution in [0.4, 0.5) is 5.69 Å². The van der Waals surface area contributed by atoms with Crippen LogP contribution in [0.1, 0.15) is 0 Å². The van der Waals surface area contributed by atoms with Gasteiger partial charge in [0, 0.05) is 18.3 Å². The summed E-state index contributed by atoms with van der Waals surface area (Å²) in [5, 5.41) is 8.77. The molecule has 1 aromatic heterocycles. The third-order valence-electron chi connectivity index (χ3n) is 3.85. The van der Waals surface area contributed by atoms with Crippen LogP contribution >= 0.6 is 11.8 Å². The molecule has 2 aromatic carbocycles. The second-order valence-corrected chi connectivity index (χ2v) is 6.54. The van der Waals surface area contributed by atoms with Gasteiger partial charge in [0.15, 0.2) is 5.16 Å². The molecule has 6 nitrogen and oxygen atoms in total. The Kier molecular flexibility index (Phi) is 6.27. The van der Waals surface area contributed by atoms with E-state index in [0.717, 1.165) is 17.1 Å². The molecule has 138 valence electrons. The number of methoxy groups -OCH3 is 1. The van der Waals surface area contributed by atoms with Crippen molar-refractivity contribution < 1.29 is 9.53 Å². The average molecular weight is 380 g/mol. The van der Waals surface area contributed by atoms with E-state index in [4.69, 9.17) is 4.74 Å². The summed E-state index contributed by atoms with van der Waals surface area (Å²) in [5.41, 5.74) is 1.72. The number of hydrogen-bond donors (Lipinski definition) is 0. The summed E-state index contributed by atoms with van der Waals surface area (Å²) in [6.45, 7) is 4.20. The largest absolute Gasteiger partial charge is 0.497 e. The smallest absolute Gasteiger partial charge is 0.237 e. The molecule has 3 aromatic rings. The summed E-state index contributed by atoms with van der Waals surface area (Å²) >= 11 is 1.34.